The van der Waals surface area contributed by atoms with Crippen molar-refractivity contribution in [3.8, 4) is 0 Å². The van der Waals surface area contributed by atoms with Gasteiger partial charge in [0.1, 0.15) is 17.2 Å². The van der Waals surface area contributed by atoms with Crippen LogP contribution < -0.4 is 16.0 Å². The highest BCUT2D eigenvalue weighted by molar-refractivity contribution is 5.68. The highest BCUT2D eigenvalue weighted by atomic mass is 16.6. The van der Waals surface area contributed by atoms with Gasteiger partial charge in [0.2, 0.25) is 5.95 Å². The van der Waals surface area contributed by atoms with Gasteiger partial charge in [0.25, 0.3) is 0 Å². The molecule has 1 saturated carbocycles. The standard InChI is InChI=1S/C28H50N8O3/c1-28(2,3)39-27(37)36(23-8-5-4-6-9-23)11-7-10-30-26-31-24(29)22-25(32-26)35-16-14-33(15-17-35)12-13-34-18-20-38-21-19-34/h22-23H,4-21H2,1-3H3,(H3,29,30,31,32). The van der Waals surface area contributed by atoms with E-state index in [1.807, 2.05) is 31.7 Å². The minimum atomic E-state index is -0.498. The smallest absolute Gasteiger partial charge is 0.410 e. The maximum Gasteiger partial charge on any atom is 0.410 e. The molecule has 0 spiro atoms. The Hall–Kier alpha value is -2.37. The molecule has 220 valence electrons. The first-order chi connectivity index (χ1) is 18.8. The molecular formula is C28H50N8O3. The van der Waals surface area contributed by atoms with Crippen LogP contribution >= 0.6 is 0 Å². The number of anilines is 3. The van der Waals surface area contributed by atoms with Gasteiger partial charge in [-0.15, -0.1) is 0 Å². The van der Waals surface area contributed by atoms with Crippen LogP contribution in [0.25, 0.3) is 0 Å². The number of ether oxygens (including phenoxy) is 2. The van der Waals surface area contributed by atoms with Gasteiger partial charge in [-0.25, -0.2) is 4.79 Å². The summed E-state index contributed by atoms with van der Waals surface area (Å²) >= 11 is 0. The maximum atomic E-state index is 13.0. The average Bonchev–Trinajstić information content (AvgIpc) is 2.92. The Morgan fingerprint density at radius 3 is 2.38 bits per heavy atom. The predicted octanol–water partition coefficient (Wildman–Crippen LogP) is 2.88. The van der Waals surface area contributed by atoms with E-state index in [0.717, 1.165) is 90.7 Å². The molecule has 1 aromatic heterocycles. The lowest BCUT2D eigenvalue weighted by molar-refractivity contribution is 0.0121. The minimum Gasteiger partial charge on any atom is -0.444 e. The van der Waals surface area contributed by atoms with Crippen molar-refractivity contribution in [3.63, 3.8) is 0 Å². The van der Waals surface area contributed by atoms with Crippen LogP contribution in [-0.2, 0) is 9.47 Å². The largest absolute Gasteiger partial charge is 0.444 e. The summed E-state index contributed by atoms with van der Waals surface area (Å²) in [7, 11) is 0. The molecule has 1 amide bonds. The predicted molar refractivity (Wildman–Crippen MR) is 155 cm³/mol. The fourth-order valence-corrected chi connectivity index (χ4v) is 5.59. The van der Waals surface area contributed by atoms with Crippen molar-refractivity contribution in [2.45, 2.75) is 70.9 Å². The van der Waals surface area contributed by atoms with Crippen LogP contribution in [0.5, 0.6) is 0 Å². The molecule has 2 saturated heterocycles. The van der Waals surface area contributed by atoms with E-state index in [1.54, 1.807) is 0 Å². The highest BCUT2D eigenvalue weighted by Crippen LogP contribution is 2.25. The minimum absolute atomic E-state index is 0.207. The zero-order valence-electron chi connectivity index (χ0n) is 24.4. The molecule has 0 bridgehead atoms. The number of morpholine rings is 1. The van der Waals surface area contributed by atoms with E-state index in [-0.39, 0.29) is 12.1 Å². The summed E-state index contributed by atoms with van der Waals surface area (Å²) in [5.41, 5.74) is 5.66. The topological polar surface area (TPSA) is 112 Å². The lowest BCUT2D eigenvalue weighted by atomic mass is 9.94. The summed E-state index contributed by atoms with van der Waals surface area (Å²) in [6.07, 6.45) is 6.27. The zero-order valence-corrected chi connectivity index (χ0v) is 24.4. The number of hydrogen-bond donors (Lipinski definition) is 2. The fourth-order valence-electron chi connectivity index (χ4n) is 5.59. The van der Waals surface area contributed by atoms with Crippen molar-refractivity contribution in [2.75, 3.05) is 94.6 Å². The molecule has 11 heteroatoms. The lowest BCUT2D eigenvalue weighted by Crippen LogP contribution is -2.49. The van der Waals surface area contributed by atoms with Gasteiger partial charge in [-0.05, 0) is 40.0 Å². The summed E-state index contributed by atoms with van der Waals surface area (Å²) in [4.78, 5) is 31.4. The van der Waals surface area contributed by atoms with Crippen molar-refractivity contribution in [2.24, 2.45) is 0 Å². The van der Waals surface area contributed by atoms with Gasteiger partial charge in [-0.1, -0.05) is 19.3 Å². The molecular weight excluding hydrogens is 496 g/mol. The third-order valence-electron chi connectivity index (χ3n) is 7.77. The number of carbonyl (C=O) groups is 1. The molecule has 3 aliphatic rings. The van der Waals surface area contributed by atoms with Gasteiger partial charge < -0.3 is 30.3 Å². The van der Waals surface area contributed by atoms with Crippen LogP contribution in [0.3, 0.4) is 0 Å². The Morgan fingerprint density at radius 1 is 1.05 bits per heavy atom. The number of nitrogens with two attached hydrogens (primary N) is 1. The summed E-state index contributed by atoms with van der Waals surface area (Å²) in [5, 5.41) is 3.34. The van der Waals surface area contributed by atoms with Gasteiger partial charge in [0, 0.05) is 77.6 Å². The molecule has 39 heavy (non-hydrogen) atoms. The monoisotopic (exact) mass is 546 g/mol. The Morgan fingerprint density at radius 2 is 1.72 bits per heavy atom. The van der Waals surface area contributed by atoms with Crippen molar-refractivity contribution >= 4 is 23.7 Å². The molecule has 3 heterocycles. The van der Waals surface area contributed by atoms with E-state index in [4.69, 9.17) is 20.2 Å². The van der Waals surface area contributed by atoms with Crippen LogP contribution in [0, 0.1) is 0 Å². The number of nitrogens with zero attached hydrogens (tertiary/aromatic N) is 6. The molecule has 0 aromatic carbocycles. The Bertz CT molecular complexity index is 891. The molecule has 3 N–H and O–H groups in total. The Balaban J connectivity index is 1.24. The van der Waals surface area contributed by atoms with E-state index >= 15 is 0 Å². The molecule has 0 unspecified atom stereocenters. The summed E-state index contributed by atoms with van der Waals surface area (Å²) in [6, 6.07) is 2.12. The number of piperazine rings is 1. The van der Waals surface area contributed by atoms with Gasteiger partial charge in [-0.2, -0.15) is 9.97 Å². The number of hydrogen-bond acceptors (Lipinski definition) is 10. The Labute approximate surface area is 234 Å². The fraction of sp³-hybridized carbons (Fsp3) is 0.821. The van der Waals surface area contributed by atoms with Gasteiger partial charge in [-0.3, -0.25) is 9.80 Å². The van der Waals surface area contributed by atoms with Crippen LogP contribution in [0.1, 0.15) is 59.3 Å². The molecule has 1 aromatic rings. The van der Waals surface area contributed by atoms with Gasteiger partial charge >= 0.3 is 6.09 Å². The summed E-state index contributed by atoms with van der Waals surface area (Å²) in [5.74, 6) is 1.88. The van der Waals surface area contributed by atoms with Crippen LogP contribution in [0.2, 0.25) is 0 Å². The zero-order chi connectivity index (χ0) is 27.7. The third kappa shape index (κ3) is 9.65. The van der Waals surface area contributed by atoms with Crippen molar-refractivity contribution in [1.82, 2.24) is 24.7 Å². The van der Waals surface area contributed by atoms with Crippen LogP contribution in [0.15, 0.2) is 6.07 Å². The van der Waals surface area contributed by atoms with Crippen molar-refractivity contribution in [1.29, 1.82) is 0 Å². The van der Waals surface area contributed by atoms with E-state index < -0.39 is 5.60 Å². The average molecular weight is 547 g/mol. The van der Waals surface area contributed by atoms with Crippen molar-refractivity contribution < 1.29 is 14.3 Å². The number of amides is 1. The molecule has 11 nitrogen and oxygen atoms in total. The third-order valence-corrected chi connectivity index (χ3v) is 7.77. The first-order valence-electron chi connectivity index (χ1n) is 14.9. The van der Waals surface area contributed by atoms with Crippen LogP contribution in [0.4, 0.5) is 22.4 Å². The quantitative estimate of drug-likeness (QED) is 0.425. The number of nitrogen functional groups attached to an aromatic ring is 1. The highest BCUT2D eigenvalue weighted by Gasteiger charge is 2.29. The summed E-state index contributed by atoms with van der Waals surface area (Å²) in [6.45, 7) is 16.9. The normalized spacial score (nSPS) is 20.1. The van der Waals surface area contributed by atoms with Crippen LogP contribution in [-0.4, -0.2) is 121 Å². The second-order valence-corrected chi connectivity index (χ2v) is 12.0. The van der Waals surface area contributed by atoms with Crippen molar-refractivity contribution in [3.05, 3.63) is 6.07 Å². The number of carbonyl (C=O) groups excluding carboxylic acids is 1. The maximum absolute atomic E-state index is 13.0. The number of nitrogens with one attached hydrogen (secondary N) is 1. The van der Waals surface area contributed by atoms with E-state index in [9.17, 15) is 4.79 Å². The number of aromatic nitrogens is 2. The Kier molecular flexibility index (Phi) is 10.9. The molecule has 4 rings (SSSR count). The second-order valence-electron chi connectivity index (χ2n) is 12.0. The van der Waals surface area contributed by atoms with E-state index in [1.165, 1.54) is 19.3 Å². The molecule has 0 radical (unpaired) electrons. The molecule has 2 aliphatic heterocycles. The lowest BCUT2D eigenvalue weighted by Gasteiger charge is -2.37. The molecule has 3 fully saturated rings. The SMILES string of the molecule is CC(C)(C)OC(=O)N(CCCNc1nc(N)cc(N2CCN(CCN3CCOCC3)CC2)n1)C1CCCCC1. The number of rotatable bonds is 10. The van der Waals surface area contributed by atoms with Gasteiger partial charge in [0.15, 0.2) is 0 Å². The molecule has 1 aliphatic carbocycles. The van der Waals surface area contributed by atoms with Gasteiger partial charge in [0.05, 0.1) is 13.2 Å². The summed E-state index contributed by atoms with van der Waals surface area (Å²) < 4.78 is 11.2. The first-order valence-corrected chi connectivity index (χ1v) is 14.9. The second kappa shape index (κ2) is 14.3. The van der Waals surface area contributed by atoms with E-state index in [0.29, 0.717) is 24.9 Å². The molecule has 0 atom stereocenters. The van der Waals surface area contributed by atoms with E-state index in [2.05, 4.69) is 25.0 Å². The first kappa shape index (κ1) is 29.6.